The van der Waals surface area contributed by atoms with Crippen LogP contribution in [0.3, 0.4) is 0 Å². The zero-order valence-corrected chi connectivity index (χ0v) is 17.4. The molecule has 0 atom stereocenters. The number of rotatable bonds is 5. The zero-order valence-electron chi connectivity index (χ0n) is 17.4. The number of alkyl halides is 3. The highest BCUT2D eigenvalue weighted by Gasteiger charge is 2.33. The summed E-state index contributed by atoms with van der Waals surface area (Å²) in [6.07, 6.45) is -0.375. The number of phenols is 1. The molecule has 2 N–H and O–H groups in total. The third kappa shape index (κ3) is 5.13. The van der Waals surface area contributed by atoms with Crippen molar-refractivity contribution in [1.29, 1.82) is 0 Å². The number of amides is 1. The van der Waals surface area contributed by atoms with E-state index in [0.717, 1.165) is 6.20 Å². The highest BCUT2D eigenvalue weighted by molar-refractivity contribution is 5.94. The summed E-state index contributed by atoms with van der Waals surface area (Å²) in [4.78, 5) is 23.4. The molecule has 0 bridgehead atoms. The first-order chi connectivity index (χ1) is 16.1. The maximum absolute atomic E-state index is 13.8. The van der Waals surface area contributed by atoms with E-state index in [1.807, 2.05) is 0 Å². The minimum atomic E-state index is -4.60. The van der Waals surface area contributed by atoms with Gasteiger partial charge in [0.25, 0.3) is 5.91 Å². The monoisotopic (exact) mass is 483 g/mol. The van der Waals surface area contributed by atoms with Crippen LogP contribution in [0, 0.1) is 17.6 Å². The molecule has 3 aromatic rings. The molecule has 0 radical (unpaired) electrons. The number of hydrogen-bond donors (Lipinski definition) is 2. The van der Waals surface area contributed by atoms with E-state index in [2.05, 4.69) is 25.4 Å². The molecule has 180 valence electrons. The molecule has 34 heavy (non-hydrogen) atoms. The summed E-state index contributed by atoms with van der Waals surface area (Å²) in [5.74, 6) is -3.37. The minimum Gasteiger partial charge on any atom is -0.505 e. The summed E-state index contributed by atoms with van der Waals surface area (Å²) in [5, 5.41) is 15.5. The third-order valence-electron chi connectivity index (χ3n) is 5.64. The third-order valence-corrected chi connectivity index (χ3v) is 5.64. The molecule has 2 aromatic heterocycles. The van der Waals surface area contributed by atoms with Crippen LogP contribution in [0.1, 0.15) is 53.5 Å². The maximum atomic E-state index is 13.8. The lowest BCUT2D eigenvalue weighted by atomic mass is 9.82. The van der Waals surface area contributed by atoms with E-state index in [9.17, 15) is 26.7 Å². The van der Waals surface area contributed by atoms with Crippen molar-refractivity contribution in [2.45, 2.75) is 37.8 Å². The van der Waals surface area contributed by atoms with Gasteiger partial charge in [0.05, 0.1) is 18.0 Å². The second-order valence-electron chi connectivity index (χ2n) is 7.95. The number of aromatic hydroxyl groups is 1. The predicted octanol–water partition coefficient (Wildman–Crippen LogP) is 4.23. The largest absolute Gasteiger partial charge is 0.505 e. The number of aromatic nitrogens is 4. The molecule has 8 nitrogen and oxygen atoms in total. The van der Waals surface area contributed by atoms with Gasteiger partial charge in [-0.15, -0.1) is 0 Å². The van der Waals surface area contributed by atoms with Crippen molar-refractivity contribution in [3.05, 3.63) is 53.3 Å². The SMILES string of the molecule is O=C(NCC1CCC(c2nc(-c3cnc(C(F)(F)F)cn3)no2)CC1)c1cc(F)c(O)cc1F. The Morgan fingerprint density at radius 3 is 2.47 bits per heavy atom. The smallest absolute Gasteiger partial charge is 0.434 e. The van der Waals surface area contributed by atoms with Crippen LogP contribution in [0.25, 0.3) is 11.5 Å². The fourth-order valence-electron chi connectivity index (χ4n) is 3.75. The Bertz CT molecular complexity index is 1170. The zero-order chi connectivity index (χ0) is 24.5. The Balaban J connectivity index is 1.30. The van der Waals surface area contributed by atoms with E-state index in [4.69, 9.17) is 9.63 Å². The number of hydrogen-bond acceptors (Lipinski definition) is 7. The van der Waals surface area contributed by atoms with Gasteiger partial charge in [0, 0.05) is 18.5 Å². The standard InChI is InChI=1S/C21H18F5N5O3/c22-13-6-16(32)14(23)5-12(13)19(33)29-7-10-1-3-11(4-2-10)20-30-18(31-34-20)15-8-28-17(9-27-15)21(24,25)26/h5-6,8-11,32H,1-4,7H2,(H,29,33). The Morgan fingerprint density at radius 1 is 1.09 bits per heavy atom. The predicted molar refractivity (Wildman–Crippen MR) is 105 cm³/mol. The molecule has 13 heteroatoms. The van der Waals surface area contributed by atoms with Gasteiger partial charge < -0.3 is 14.9 Å². The Labute approximate surface area is 189 Å². The first-order valence-electron chi connectivity index (χ1n) is 10.3. The second kappa shape index (κ2) is 9.31. The van der Waals surface area contributed by atoms with Gasteiger partial charge in [0.1, 0.15) is 11.5 Å². The van der Waals surface area contributed by atoms with Gasteiger partial charge in [-0.05, 0) is 37.7 Å². The maximum Gasteiger partial charge on any atom is 0.434 e. The van der Waals surface area contributed by atoms with Gasteiger partial charge in [-0.25, -0.2) is 18.7 Å². The van der Waals surface area contributed by atoms with Crippen LogP contribution < -0.4 is 5.32 Å². The molecule has 4 rings (SSSR count). The van der Waals surface area contributed by atoms with Gasteiger partial charge in [0.2, 0.25) is 11.7 Å². The number of nitrogens with zero attached hydrogens (tertiary/aromatic N) is 4. The first kappa shape index (κ1) is 23.5. The van der Waals surface area contributed by atoms with Crippen molar-refractivity contribution in [3.63, 3.8) is 0 Å². The molecule has 1 aromatic carbocycles. The number of carbonyl (C=O) groups is 1. The number of halogens is 5. The van der Waals surface area contributed by atoms with Crippen LogP contribution in [0.5, 0.6) is 5.75 Å². The molecule has 2 heterocycles. The molecule has 1 aliphatic carbocycles. The van der Waals surface area contributed by atoms with Crippen LogP contribution >= 0.6 is 0 Å². The number of benzene rings is 1. The van der Waals surface area contributed by atoms with E-state index >= 15 is 0 Å². The molecule has 1 saturated carbocycles. The molecule has 1 fully saturated rings. The van der Waals surface area contributed by atoms with Crippen LogP contribution in [0.4, 0.5) is 22.0 Å². The lowest BCUT2D eigenvalue weighted by Gasteiger charge is -2.26. The molecule has 0 unspecified atom stereocenters. The summed E-state index contributed by atoms with van der Waals surface area (Å²) in [7, 11) is 0. The summed E-state index contributed by atoms with van der Waals surface area (Å²) in [5.41, 5.74) is -1.56. The van der Waals surface area contributed by atoms with E-state index in [-0.39, 0.29) is 29.9 Å². The Morgan fingerprint density at radius 2 is 1.82 bits per heavy atom. The van der Waals surface area contributed by atoms with Crippen molar-refractivity contribution < 1.29 is 36.4 Å². The molecule has 0 saturated heterocycles. The first-order valence-corrected chi connectivity index (χ1v) is 10.3. The Hall–Kier alpha value is -3.64. The molecule has 0 spiro atoms. The van der Waals surface area contributed by atoms with Crippen molar-refractivity contribution in [2.24, 2.45) is 5.92 Å². The summed E-state index contributed by atoms with van der Waals surface area (Å²) >= 11 is 0. The normalized spacial score (nSPS) is 18.6. The van der Waals surface area contributed by atoms with Crippen molar-refractivity contribution in [1.82, 2.24) is 25.4 Å². The quantitative estimate of drug-likeness (QED) is 0.522. The lowest BCUT2D eigenvalue weighted by molar-refractivity contribution is -0.141. The molecular formula is C21H18F5N5O3. The number of nitrogens with one attached hydrogen (secondary N) is 1. The van der Waals surface area contributed by atoms with Crippen molar-refractivity contribution in [3.8, 4) is 17.3 Å². The van der Waals surface area contributed by atoms with Gasteiger partial charge in [0.15, 0.2) is 17.3 Å². The molecule has 1 amide bonds. The average molecular weight is 483 g/mol. The molecular weight excluding hydrogens is 465 g/mol. The van der Waals surface area contributed by atoms with Crippen LogP contribution in [-0.4, -0.2) is 37.7 Å². The van der Waals surface area contributed by atoms with Gasteiger partial charge in [-0.1, -0.05) is 5.16 Å². The van der Waals surface area contributed by atoms with Crippen molar-refractivity contribution in [2.75, 3.05) is 6.54 Å². The lowest BCUT2D eigenvalue weighted by Crippen LogP contribution is -2.31. The Kier molecular flexibility index (Phi) is 6.44. The van der Waals surface area contributed by atoms with E-state index in [1.54, 1.807) is 0 Å². The fraction of sp³-hybridized carbons (Fsp3) is 0.381. The van der Waals surface area contributed by atoms with Crippen LogP contribution in [-0.2, 0) is 6.18 Å². The average Bonchev–Trinajstić information content (AvgIpc) is 3.30. The van der Waals surface area contributed by atoms with E-state index in [0.29, 0.717) is 49.9 Å². The molecule has 0 aliphatic heterocycles. The van der Waals surface area contributed by atoms with Crippen LogP contribution in [0.2, 0.25) is 0 Å². The molecule has 1 aliphatic rings. The van der Waals surface area contributed by atoms with Crippen molar-refractivity contribution >= 4 is 5.91 Å². The summed E-state index contributed by atoms with van der Waals surface area (Å²) in [6, 6.07) is 1.19. The topological polar surface area (TPSA) is 114 Å². The summed E-state index contributed by atoms with van der Waals surface area (Å²) < 4.78 is 70.4. The highest BCUT2D eigenvalue weighted by Crippen LogP contribution is 2.35. The number of carbonyl (C=O) groups excluding carboxylic acids is 1. The number of phenolic OH excluding ortho intramolecular Hbond substituents is 1. The van der Waals surface area contributed by atoms with E-state index < -0.39 is 40.7 Å². The minimum absolute atomic E-state index is 0.0359. The van der Waals surface area contributed by atoms with Gasteiger partial charge >= 0.3 is 6.18 Å². The van der Waals surface area contributed by atoms with Gasteiger partial charge in [-0.2, -0.15) is 18.2 Å². The second-order valence-corrected chi connectivity index (χ2v) is 7.95. The fourth-order valence-corrected chi connectivity index (χ4v) is 3.75. The summed E-state index contributed by atoms with van der Waals surface area (Å²) in [6.45, 7) is 0.254. The highest BCUT2D eigenvalue weighted by atomic mass is 19.4. The van der Waals surface area contributed by atoms with Gasteiger partial charge in [-0.3, -0.25) is 4.79 Å². The van der Waals surface area contributed by atoms with Crippen LogP contribution in [0.15, 0.2) is 29.0 Å². The van der Waals surface area contributed by atoms with E-state index in [1.165, 1.54) is 0 Å².